The third kappa shape index (κ3) is 4.59. The average Bonchev–Trinajstić information content (AvgIpc) is 3.79. The number of aromatic nitrogens is 2. The van der Waals surface area contributed by atoms with Crippen molar-refractivity contribution >= 4 is 66.5 Å². The molecule has 222 valence electrons. The molecule has 3 heterocycles. The van der Waals surface area contributed by atoms with Gasteiger partial charge in [-0.25, -0.2) is 4.98 Å². The third-order valence-electron chi connectivity index (χ3n) is 9.12. The van der Waals surface area contributed by atoms with E-state index in [0.29, 0.717) is 0 Å². The predicted molar refractivity (Wildman–Crippen MR) is 203 cm³/mol. The Morgan fingerprint density at radius 2 is 1.23 bits per heavy atom. The van der Waals surface area contributed by atoms with Crippen molar-refractivity contribution in [2.45, 2.75) is 6.92 Å². The van der Waals surface area contributed by atoms with Gasteiger partial charge in [0.15, 0.2) is 0 Å². The number of pyridine rings is 1. The first-order valence-corrected chi connectivity index (χ1v) is 16.8. The molecule has 47 heavy (non-hydrogen) atoms. The van der Waals surface area contributed by atoms with Crippen molar-refractivity contribution in [3.05, 3.63) is 163 Å². The molecule has 2 nitrogen and oxygen atoms in total. The molecule has 0 aliphatic rings. The van der Waals surface area contributed by atoms with E-state index in [1.54, 1.807) is 0 Å². The zero-order chi connectivity index (χ0) is 31.3. The molecule has 0 fully saturated rings. The lowest BCUT2D eigenvalue weighted by Crippen LogP contribution is -1.93. The molecule has 0 bridgehead atoms. The Morgan fingerprint density at radius 1 is 0.553 bits per heavy atom. The van der Waals surface area contributed by atoms with Gasteiger partial charge in [0.25, 0.3) is 0 Å². The fraction of sp³-hybridized carbons (Fsp3) is 0.0227. The van der Waals surface area contributed by atoms with Crippen LogP contribution in [-0.2, 0) is 0 Å². The molecule has 0 radical (unpaired) electrons. The third-order valence-corrected chi connectivity index (χ3v) is 10.3. The second kappa shape index (κ2) is 11.2. The highest BCUT2D eigenvalue weighted by Gasteiger charge is 2.18. The van der Waals surface area contributed by atoms with E-state index in [-0.39, 0.29) is 0 Å². The SMILES string of the molecule is C/C=C\C=C/c1cc2ccccc2c2nc3c4ccc(-c5ccc(-c6ccc(-c7ccccc7)s6)cc5)cc4c4ccccc4n3c12. The molecule has 0 amide bonds. The van der Waals surface area contributed by atoms with Gasteiger partial charge in [0.2, 0.25) is 0 Å². The minimum Gasteiger partial charge on any atom is -0.291 e. The molecule has 6 aromatic carbocycles. The number of nitrogens with zero attached hydrogens (tertiary/aromatic N) is 2. The van der Waals surface area contributed by atoms with E-state index >= 15 is 0 Å². The summed E-state index contributed by atoms with van der Waals surface area (Å²) in [7, 11) is 0. The summed E-state index contributed by atoms with van der Waals surface area (Å²) in [6, 6.07) is 50.5. The Balaban J connectivity index is 1.21. The normalized spacial score (nSPS) is 12.2. The van der Waals surface area contributed by atoms with E-state index in [2.05, 4.69) is 168 Å². The quantitative estimate of drug-likeness (QED) is 0.139. The van der Waals surface area contributed by atoms with Crippen LogP contribution in [0.4, 0.5) is 0 Å². The number of imidazole rings is 1. The Morgan fingerprint density at radius 3 is 2.04 bits per heavy atom. The summed E-state index contributed by atoms with van der Waals surface area (Å²) >= 11 is 1.84. The number of hydrogen-bond acceptors (Lipinski definition) is 2. The van der Waals surface area contributed by atoms with Crippen LogP contribution in [0.2, 0.25) is 0 Å². The van der Waals surface area contributed by atoms with Gasteiger partial charge in [-0.3, -0.25) is 4.40 Å². The molecule has 0 unspecified atom stereocenters. The minimum atomic E-state index is 0.986. The van der Waals surface area contributed by atoms with E-state index in [1.165, 1.54) is 53.6 Å². The topological polar surface area (TPSA) is 17.3 Å². The molecule has 0 spiro atoms. The highest BCUT2D eigenvalue weighted by Crippen LogP contribution is 2.39. The van der Waals surface area contributed by atoms with Crippen molar-refractivity contribution < 1.29 is 0 Å². The maximum Gasteiger partial charge on any atom is 0.146 e. The summed E-state index contributed by atoms with van der Waals surface area (Å²) in [5, 5.41) is 5.95. The number of thiophene rings is 1. The first-order chi connectivity index (χ1) is 23.3. The van der Waals surface area contributed by atoms with Crippen molar-refractivity contribution in [3.8, 4) is 32.0 Å². The van der Waals surface area contributed by atoms with Gasteiger partial charge in [-0.15, -0.1) is 11.3 Å². The summed E-state index contributed by atoms with van der Waals surface area (Å²) in [5.41, 5.74) is 10.4. The van der Waals surface area contributed by atoms with Crippen LogP contribution in [0.25, 0.3) is 87.2 Å². The minimum absolute atomic E-state index is 0.986. The van der Waals surface area contributed by atoms with Gasteiger partial charge in [-0.2, -0.15) is 0 Å². The van der Waals surface area contributed by atoms with Crippen LogP contribution >= 0.6 is 11.3 Å². The van der Waals surface area contributed by atoms with Crippen molar-refractivity contribution in [1.29, 1.82) is 0 Å². The molecule has 9 rings (SSSR count). The highest BCUT2D eigenvalue weighted by molar-refractivity contribution is 7.18. The lowest BCUT2D eigenvalue weighted by molar-refractivity contribution is 1.31. The summed E-state index contributed by atoms with van der Waals surface area (Å²) in [5.74, 6) is 0. The second-order valence-corrected chi connectivity index (χ2v) is 13.0. The van der Waals surface area contributed by atoms with Crippen LogP contribution in [0.5, 0.6) is 0 Å². The van der Waals surface area contributed by atoms with Crippen molar-refractivity contribution in [2.75, 3.05) is 0 Å². The number of hydrogen-bond donors (Lipinski definition) is 0. The predicted octanol–water partition coefficient (Wildman–Crippen LogP) is 12.6. The van der Waals surface area contributed by atoms with Gasteiger partial charge < -0.3 is 0 Å². The van der Waals surface area contributed by atoms with Crippen molar-refractivity contribution in [1.82, 2.24) is 9.38 Å². The Bertz CT molecular complexity index is 2670. The van der Waals surface area contributed by atoms with Crippen molar-refractivity contribution in [3.63, 3.8) is 0 Å². The monoisotopic (exact) mass is 618 g/mol. The smallest absolute Gasteiger partial charge is 0.146 e. The highest BCUT2D eigenvalue weighted by atomic mass is 32.1. The first-order valence-electron chi connectivity index (χ1n) is 16.0. The fourth-order valence-corrected chi connectivity index (χ4v) is 7.89. The second-order valence-electron chi connectivity index (χ2n) is 11.9. The lowest BCUT2D eigenvalue weighted by Gasteiger charge is -2.12. The molecule has 0 N–H and O–H groups in total. The van der Waals surface area contributed by atoms with Gasteiger partial charge in [0.1, 0.15) is 5.65 Å². The van der Waals surface area contributed by atoms with Crippen molar-refractivity contribution in [2.24, 2.45) is 0 Å². The number of para-hydroxylation sites is 1. The maximum atomic E-state index is 5.39. The van der Waals surface area contributed by atoms with Gasteiger partial charge in [-0.05, 0) is 76.3 Å². The number of rotatable bonds is 5. The average molecular weight is 619 g/mol. The summed E-state index contributed by atoms with van der Waals surface area (Å²) in [6.07, 6.45) is 8.45. The summed E-state index contributed by atoms with van der Waals surface area (Å²) < 4.78 is 2.37. The molecule has 0 saturated carbocycles. The molecular formula is C44H30N2S. The number of allylic oxidation sites excluding steroid dienone is 3. The first kappa shape index (κ1) is 27.5. The van der Waals surface area contributed by atoms with Crippen LogP contribution in [0, 0.1) is 0 Å². The van der Waals surface area contributed by atoms with Crippen LogP contribution in [0.3, 0.4) is 0 Å². The van der Waals surface area contributed by atoms with Crippen LogP contribution in [0.1, 0.15) is 12.5 Å². The molecule has 0 saturated heterocycles. The Kier molecular flexibility index (Phi) is 6.58. The standard InChI is InChI=1S/C44H30N2S/c1-2-3-5-15-34-27-33-14-8-9-16-35(33)42-43(34)46-39-18-11-10-17-36(39)38-28-32(23-24-37(38)44(46)45-42)29-19-21-31(22-20-29)41-26-25-40(47-41)30-12-6-4-7-13-30/h2-28H,1H3/b3-2-,15-5-. The van der Waals surface area contributed by atoms with E-state index in [0.717, 1.165) is 33.1 Å². The lowest BCUT2D eigenvalue weighted by atomic mass is 9.98. The number of benzene rings is 6. The zero-order valence-corrected chi connectivity index (χ0v) is 26.7. The van der Waals surface area contributed by atoms with E-state index in [4.69, 9.17) is 4.98 Å². The van der Waals surface area contributed by atoms with Gasteiger partial charge >= 0.3 is 0 Å². The summed E-state index contributed by atoms with van der Waals surface area (Å²) in [4.78, 5) is 7.96. The molecule has 0 atom stereocenters. The summed E-state index contributed by atoms with van der Waals surface area (Å²) in [6.45, 7) is 2.04. The largest absolute Gasteiger partial charge is 0.291 e. The Hall–Kier alpha value is -5.77. The maximum absolute atomic E-state index is 5.39. The fourth-order valence-electron chi connectivity index (χ4n) is 6.88. The number of fused-ring (bicyclic) bond motifs is 10. The van der Waals surface area contributed by atoms with Gasteiger partial charge in [0.05, 0.1) is 16.6 Å². The van der Waals surface area contributed by atoms with Crippen LogP contribution in [0.15, 0.2) is 158 Å². The van der Waals surface area contributed by atoms with Gasteiger partial charge in [0, 0.05) is 31.5 Å². The molecule has 0 aliphatic carbocycles. The zero-order valence-electron chi connectivity index (χ0n) is 25.9. The van der Waals surface area contributed by atoms with Gasteiger partial charge in [-0.1, -0.05) is 127 Å². The molecule has 3 aromatic heterocycles. The molecule has 9 aromatic rings. The van der Waals surface area contributed by atoms with E-state index in [9.17, 15) is 0 Å². The molecule has 0 aliphatic heterocycles. The van der Waals surface area contributed by atoms with E-state index < -0.39 is 0 Å². The molecule has 3 heteroatoms. The molecular weight excluding hydrogens is 589 g/mol. The Labute approximate surface area is 277 Å². The van der Waals surface area contributed by atoms with E-state index in [1.807, 2.05) is 18.3 Å². The van der Waals surface area contributed by atoms with Crippen LogP contribution < -0.4 is 0 Å². The van der Waals surface area contributed by atoms with Crippen LogP contribution in [-0.4, -0.2) is 9.38 Å².